The summed E-state index contributed by atoms with van der Waals surface area (Å²) >= 11 is 1.49. The van der Waals surface area contributed by atoms with Crippen LogP contribution in [0.15, 0.2) is 18.2 Å². The third-order valence-corrected chi connectivity index (χ3v) is 3.16. The van der Waals surface area contributed by atoms with Crippen molar-refractivity contribution < 1.29 is 17.2 Å². The molecular formula is C11H17NO4S2. The largest absolute Gasteiger partial charge is 0.397 e. The van der Waals surface area contributed by atoms with Crippen molar-refractivity contribution in [1.82, 2.24) is 0 Å². The molecule has 0 amide bonds. The van der Waals surface area contributed by atoms with E-state index in [1.165, 1.54) is 22.9 Å². The molecule has 2 N–H and O–H groups in total. The summed E-state index contributed by atoms with van der Waals surface area (Å²) in [5.74, 6) is 0. The smallest absolute Gasteiger partial charge is 0.293 e. The molecule has 0 fully saturated rings. The van der Waals surface area contributed by atoms with Gasteiger partial charge in [0.1, 0.15) is 0 Å². The number of rotatable bonds is 2. The molecule has 0 unspecified atom stereocenters. The lowest BCUT2D eigenvalue weighted by Gasteiger charge is -2.08. The van der Waals surface area contributed by atoms with E-state index in [0.29, 0.717) is 5.04 Å². The van der Waals surface area contributed by atoms with Gasteiger partial charge in [0.2, 0.25) is 0 Å². The molecule has 0 saturated carbocycles. The lowest BCUT2D eigenvalue weighted by atomic mass is 10.0. The maximum absolute atomic E-state index is 9.33. The predicted octanol–water partition coefficient (Wildman–Crippen LogP) is 2.43. The molecule has 5 nitrogen and oxygen atoms in total. The van der Waals surface area contributed by atoms with Crippen molar-refractivity contribution in [1.29, 1.82) is 5.41 Å². The molecule has 0 spiro atoms. The lowest BCUT2D eigenvalue weighted by molar-refractivity contribution is 0.324. The second-order valence-corrected chi connectivity index (χ2v) is 5.40. The number of nitrogens with one attached hydrogen (secondary N) is 1. The summed E-state index contributed by atoms with van der Waals surface area (Å²) in [5, 5.41) is 8.38. The first-order valence-electron chi connectivity index (χ1n) is 4.95. The van der Waals surface area contributed by atoms with Crippen LogP contribution < -0.4 is 0 Å². The zero-order chi connectivity index (χ0) is 14.3. The second kappa shape index (κ2) is 7.52. The average Bonchev–Trinajstić information content (AvgIpc) is 2.28. The molecule has 7 heteroatoms. The van der Waals surface area contributed by atoms with Crippen molar-refractivity contribution in [2.45, 2.75) is 13.8 Å². The van der Waals surface area contributed by atoms with Crippen LogP contribution in [0.2, 0.25) is 0 Å². The Morgan fingerprint density at radius 2 is 1.72 bits per heavy atom. The first kappa shape index (κ1) is 17.1. The van der Waals surface area contributed by atoms with Gasteiger partial charge in [-0.3, -0.25) is 14.1 Å². The quantitative estimate of drug-likeness (QED) is 0.496. The van der Waals surface area contributed by atoms with Crippen LogP contribution in [0.25, 0.3) is 0 Å². The van der Waals surface area contributed by atoms with E-state index in [2.05, 4.69) is 4.18 Å². The normalized spacial score (nSPS) is 10.5. The maximum atomic E-state index is 9.33. The van der Waals surface area contributed by atoms with Gasteiger partial charge >= 0.3 is 10.4 Å². The van der Waals surface area contributed by atoms with Gasteiger partial charge < -0.3 is 0 Å². The van der Waals surface area contributed by atoms with E-state index in [9.17, 15) is 8.42 Å². The Morgan fingerprint density at radius 1 is 1.33 bits per heavy atom. The Morgan fingerprint density at radius 3 is 2.00 bits per heavy atom. The third kappa shape index (κ3) is 6.15. The van der Waals surface area contributed by atoms with E-state index in [1.54, 1.807) is 0 Å². The van der Waals surface area contributed by atoms with Gasteiger partial charge in [-0.05, 0) is 31.2 Å². The minimum Gasteiger partial charge on any atom is -0.293 e. The van der Waals surface area contributed by atoms with Gasteiger partial charge in [0.15, 0.2) is 0 Å². The molecule has 0 aliphatic rings. The van der Waals surface area contributed by atoms with Crippen LogP contribution in [-0.4, -0.2) is 31.4 Å². The van der Waals surface area contributed by atoms with Crippen LogP contribution in [0.1, 0.15) is 16.7 Å². The average molecular weight is 291 g/mol. The van der Waals surface area contributed by atoms with E-state index in [1.807, 2.05) is 38.3 Å². The third-order valence-electron chi connectivity index (χ3n) is 2.12. The Hall–Kier alpha value is -0.890. The van der Waals surface area contributed by atoms with Gasteiger partial charge in [-0.2, -0.15) is 8.42 Å². The fraction of sp³-hybridized carbons (Fsp3) is 0.364. The first-order chi connectivity index (χ1) is 8.22. The van der Waals surface area contributed by atoms with E-state index in [4.69, 9.17) is 9.96 Å². The summed E-state index contributed by atoms with van der Waals surface area (Å²) in [6.07, 6.45) is 1.94. The van der Waals surface area contributed by atoms with Crippen LogP contribution in [0.5, 0.6) is 0 Å². The maximum Gasteiger partial charge on any atom is 0.397 e. The number of aryl methyl sites for hydroxylation is 2. The minimum absolute atomic E-state index is 0.658. The summed E-state index contributed by atoms with van der Waals surface area (Å²) in [4.78, 5) is 0. The second-order valence-electron chi connectivity index (χ2n) is 3.39. The molecule has 102 valence electrons. The van der Waals surface area contributed by atoms with E-state index in [0.717, 1.165) is 12.7 Å². The van der Waals surface area contributed by atoms with Crippen LogP contribution in [0.3, 0.4) is 0 Å². The molecule has 0 heterocycles. The van der Waals surface area contributed by atoms with Gasteiger partial charge in [0, 0.05) is 5.56 Å². The number of hydrogen-bond acceptors (Lipinski definition) is 5. The molecule has 18 heavy (non-hydrogen) atoms. The highest BCUT2D eigenvalue weighted by atomic mass is 32.3. The van der Waals surface area contributed by atoms with Crippen molar-refractivity contribution in [3.05, 3.63) is 34.9 Å². The van der Waals surface area contributed by atoms with E-state index in [-0.39, 0.29) is 0 Å². The summed E-state index contributed by atoms with van der Waals surface area (Å²) in [7, 11) is -3.29. The summed E-state index contributed by atoms with van der Waals surface area (Å²) in [6.45, 7) is 4.10. The Kier molecular flexibility index (Phi) is 7.15. The van der Waals surface area contributed by atoms with E-state index < -0.39 is 10.4 Å². The lowest BCUT2D eigenvalue weighted by Crippen LogP contribution is -1.99. The number of thioether (sulfide) groups is 1. The van der Waals surface area contributed by atoms with Gasteiger partial charge in [0.25, 0.3) is 0 Å². The molecule has 0 radical (unpaired) electrons. The molecule has 0 bridgehead atoms. The van der Waals surface area contributed by atoms with Crippen LogP contribution >= 0.6 is 11.8 Å². The summed E-state index contributed by atoms with van der Waals surface area (Å²) in [5.41, 5.74) is 3.47. The summed E-state index contributed by atoms with van der Waals surface area (Å²) in [6, 6.07) is 6.13. The highest BCUT2D eigenvalue weighted by molar-refractivity contribution is 8.13. The SMILES string of the molecule is COS(=O)(=O)O.CSC(=N)c1c(C)cccc1C. The standard InChI is InChI=1S/C10H13NS.CH4O4S/c1-7-5-4-6-8(2)9(7)10(11)12-3;1-5-6(2,3)4/h4-6,11H,1-3H3;1H3,(H,2,3,4). The fourth-order valence-electron chi connectivity index (χ4n) is 1.27. The van der Waals surface area contributed by atoms with Crippen molar-refractivity contribution in [2.75, 3.05) is 13.4 Å². The molecule has 0 atom stereocenters. The van der Waals surface area contributed by atoms with Crippen molar-refractivity contribution in [3.8, 4) is 0 Å². The first-order valence-corrected chi connectivity index (χ1v) is 7.54. The molecule has 1 aromatic rings. The molecular weight excluding hydrogens is 274 g/mol. The molecule has 1 aromatic carbocycles. The van der Waals surface area contributed by atoms with Crippen molar-refractivity contribution >= 4 is 27.2 Å². The van der Waals surface area contributed by atoms with Gasteiger partial charge in [-0.1, -0.05) is 18.2 Å². The monoisotopic (exact) mass is 291 g/mol. The zero-order valence-corrected chi connectivity index (χ0v) is 12.4. The molecule has 0 saturated heterocycles. The zero-order valence-electron chi connectivity index (χ0n) is 10.7. The highest BCUT2D eigenvalue weighted by Gasteiger charge is 2.05. The minimum atomic E-state index is -4.16. The molecule has 0 aromatic heterocycles. The Labute approximate surface area is 112 Å². The van der Waals surface area contributed by atoms with Crippen molar-refractivity contribution in [2.24, 2.45) is 0 Å². The fourth-order valence-corrected chi connectivity index (χ4v) is 1.80. The highest BCUT2D eigenvalue weighted by Crippen LogP contribution is 2.18. The Bertz CT molecular complexity index is 492. The van der Waals surface area contributed by atoms with Gasteiger partial charge in [0.05, 0.1) is 12.2 Å². The number of benzene rings is 1. The molecule has 1 rings (SSSR count). The van der Waals surface area contributed by atoms with Crippen molar-refractivity contribution in [3.63, 3.8) is 0 Å². The summed E-state index contributed by atoms with van der Waals surface area (Å²) < 4.78 is 29.7. The Balaban J connectivity index is 0.000000411. The number of hydrogen-bond donors (Lipinski definition) is 2. The van der Waals surface area contributed by atoms with Gasteiger partial charge in [-0.25, -0.2) is 0 Å². The van der Waals surface area contributed by atoms with Crippen LogP contribution in [0.4, 0.5) is 0 Å². The topological polar surface area (TPSA) is 87.5 Å². The molecule has 0 aliphatic heterocycles. The predicted molar refractivity (Wildman–Crippen MR) is 74.8 cm³/mol. The van der Waals surface area contributed by atoms with Crippen LogP contribution in [-0.2, 0) is 14.6 Å². The van der Waals surface area contributed by atoms with Crippen LogP contribution in [0, 0.1) is 19.3 Å². The van der Waals surface area contributed by atoms with Gasteiger partial charge in [-0.15, -0.1) is 11.8 Å². The molecule has 0 aliphatic carbocycles. The van der Waals surface area contributed by atoms with E-state index >= 15 is 0 Å².